The predicted octanol–water partition coefficient (Wildman–Crippen LogP) is 1.28. The van der Waals surface area contributed by atoms with Crippen LogP contribution in [0.25, 0.3) is 0 Å². The molecule has 7 heteroatoms. The summed E-state index contributed by atoms with van der Waals surface area (Å²) in [6.07, 6.45) is 1.73. The van der Waals surface area contributed by atoms with Crippen molar-refractivity contribution in [1.82, 2.24) is 9.78 Å². The van der Waals surface area contributed by atoms with E-state index in [4.69, 9.17) is 11.6 Å². The Morgan fingerprint density at radius 2 is 2.00 bits per heavy atom. The van der Waals surface area contributed by atoms with E-state index in [9.17, 15) is 13.2 Å². The van der Waals surface area contributed by atoms with Crippen molar-refractivity contribution in [2.45, 2.75) is 33.2 Å². The van der Waals surface area contributed by atoms with Gasteiger partial charge >= 0.3 is 0 Å². The number of hydrogen-bond acceptors (Lipinski definition) is 4. The summed E-state index contributed by atoms with van der Waals surface area (Å²) in [7, 11) is -3.30. The van der Waals surface area contributed by atoms with E-state index in [0.717, 1.165) is 11.9 Å². The number of aryl methyl sites for hydroxylation is 2. The van der Waals surface area contributed by atoms with Gasteiger partial charge in [-0.2, -0.15) is 5.10 Å². The van der Waals surface area contributed by atoms with Gasteiger partial charge in [0, 0.05) is 12.8 Å². The van der Waals surface area contributed by atoms with Gasteiger partial charge in [-0.15, -0.1) is 0 Å². The van der Waals surface area contributed by atoms with E-state index in [1.54, 1.807) is 4.68 Å². The molecule has 0 unspecified atom stereocenters. The molecule has 1 heterocycles. The minimum absolute atomic E-state index is 0.00669. The van der Waals surface area contributed by atoms with Crippen molar-refractivity contribution in [2.75, 3.05) is 12.0 Å². The summed E-state index contributed by atoms with van der Waals surface area (Å²) in [5.74, 6) is -0.823. The molecule has 0 bridgehead atoms. The molecule has 0 radical (unpaired) electrons. The van der Waals surface area contributed by atoms with Gasteiger partial charge in [0.1, 0.15) is 5.75 Å². The van der Waals surface area contributed by atoms with Gasteiger partial charge in [-0.25, -0.2) is 8.42 Å². The number of Topliss-reactive ketones (excluding diaryl/α,β-unsaturated/α-hetero) is 1. The first-order valence-corrected chi connectivity index (χ1v) is 8.15. The highest BCUT2D eigenvalue weighted by Gasteiger charge is 2.19. The van der Waals surface area contributed by atoms with Gasteiger partial charge < -0.3 is 0 Å². The van der Waals surface area contributed by atoms with Crippen molar-refractivity contribution >= 4 is 27.2 Å². The molecular weight excluding hydrogens is 276 g/mol. The second kappa shape index (κ2) is 5.84. The zero-order valence-electron chi connectivity index (χ0n) is 10.7. The summed E-state index contributed by atoms with van der Waals surface area (Å²) in [5.41, 5.74) is 1.34. The molecule has 0 aromatic carbocycles. The molecule has 102 valence electrons. The van der Waals surface area contributed by atoms with Crippen LogP contribution in [-0.4, -0.2) is 36.0 Å². The largest absolute Gasteiger partial charge is 0.298 e. The summed E-state index contributed by atoms with van der Waals surface area (Å²) in [6.45, 7) is 4.42. The van der Waals surface area contributed by atoms with Crippen LogP contribution in [0.2, 0.25) is 5.02 Å². The fourth-order valence-corrected chi connectivity index (χ4v) is 2.74. The van der Waals surface area contributed by atoms with E-state index in [0.29, 0.717) is 23.7 Å². The Balaban J connectivity index is 2.96. The van der Waals surface area contributed by atoms with Crippen molar-refractivity contribution in [2.24, 2.45) is 0 Å². The number of carbonyl (C=O) groups is 1. The normalized spacial score (nSPS) is 11.8. The van der Waals surface area contributed by atoms with Gasteiger partial charge in [0.2, 0.25) is 0 Å². The number of carbonyl (C=O) groups excluding carboxylic acids is 1. The molecule has 0 aliphatic carbocycles. The Kier molecular flexibility index (Phi) is 4.92. The fourth-order valence-electron chi connectivity index (χ4n) is 1.72. The quantitative estimate of drug-likeness (QED) is 0.792. The van der Waals surface area contributed by atoms with Gasteiger partial charge in [-0.05, 0) is 13.3 Å². The zero-order chi connectivity index (χ0) is 13.9. The van der Waals surface area contributed by atoms with Crippen LogP contribution in [0.1, 0.15) is 25.2 Å². The van der Waals surface area contributed by atoms with Gasteiger partial charge in [-0.1, -0.05) is 18.5 Å². The number of rotatable bonds is 6. The smallest absolute Gasteiger partial charge is 0.154 e. The number of ketones is 1. The standard InChI is InChI=1S/C11H17ClN2O3S/c1-4-9-11(12)10(14(5-2)13-9)6-8(15)7-18(3,16)17/h4-7H2,1-3H3. The Bertz CT molecular complexity index is 549. The maximum Gasteiger partial charge on any atom is 0.154 e. The lowest BCUT2D eigenvalue weighted by Gasteiger charge is -2.04. The van der Waals surface area contributed by atoms with E-state index >= 15 is 0 Å². The first kappa shape index (κ1) is 15.2. The molecule has 0 amide bonds. The summed E-state index contributed by atoms with van der Waals surface area (Å²) >= 11 is 6.14. The zero-order valence-corrected chi connectivity index (χ0v) is 12.3. The molecule has 0 fully saturated rings. The minimum Gasteiger partial charge on any atom is -0.298 e. The lowest BCUT2D eigenvalue weighted by molar-refractivity contribution is -0.116. The predicted molar refractivity (Wildman–Crippen MR) is 70.7 cm³/mol. The maximum absolute atomic E-state index is 11.7. The number of sulfone groups is 1. The fraction of sp³-hybridized carbons (Fsp3) is 0.636. The van der Waals surface area contributed by atoms with E-state index in [-0.39, 0.29) is 12.2 Å². The topological polar surface area (TPSA) is 69.0 Å². The van der Waals surface area contributed by atoms with Gasteiger partial charge in [-0.3, -0.25) is 9.48 Å². The lowest BCUT2D eigenvalue weighted by Crippen LogP contribution is -2.18. The Labute approximate surface area is 112 Å². The molecule has 0 aliphatic rings. The van der Waals surface area contributed by atoms with Crippen LogP contribution in [0.4, 0.5) is 0 Å². The molecule has 0 saturated heterocycles. The van der Waals surface area contributed by atoms with Gasteiger partial charge in [0.25, 0.3) is 0 Å². The van der Waals surface area contributed by atoms with E-state index in [1.165, 1.54) is 0 Å². The van der Waals surface area contributed by atoms with Crippen LogP contribution in [0.15, 0.2) is 0 Å². The van der Waals surface area contributed by atoms with Crippen LogP contribution in [0.3, 0.4) is 0 Å². The monoisotopic (exact) mass is 292 g/mol. The molecule has 0 saturated carbocycles. The summed E-state index contributed by atoms with van der Waals surface area (Å²) < 4.78 is 23.8. The molecule has 1 aromatic heterocycles. The number of hydrogen-bond donors (Lipinski definition) is 0. The van der Waals surface area contributed by atoms with Crippen molar-refractivity contribution in [1.29, 1.82) is 0 Å². The van der Waals surface area contributed by atoms with Crippen LogP contribution >= 0.6 is 11.6 Å². The highest BCUT2D eigenvalue weighted by Crippen LogP contribution is 2.22. The van der Waals surface area contributed by atoms with Crippen molar-refractivity contribution in [3.8, 4) is 0 Å². The minimum atomic E-state index is -3.30. The maximum atomic E-state index is 11.7. The second-order valence-corrected chi connectivity index (χ2v) is 6.68. The van der Waals surface area contributed by atoms with Crippen LogP contribution in [0, 0.1) is 0 Å². The third kappa shape index (κ3) is 3.81. The Morgan fingerprint density at radius 3 is 2.44 bits per heavy atom. The first-order valence-electron chi connectivity index (χ1n) is 5.72. The first-order chi connectivity index (χ1) is 8.28. The Hall–Kier alpha value is -0.880. The van der Waals surface area contributed by atoms with E-state index in [2.05, 4.69) is 5.10 Å². The highest BCUT2D eigenvalue weighted by atomic mass is 35.5. The van der Waals surface area contributed by atoms with Crippen molar-refractivity contribution in [3.63, 3.8) is 0 Å². The van der Waals surface area contributed by atoms with E-state index in [1.807, 2.05) is 13.8 Å². The molecule has 0 N–H and O–H groups in total. The third-order valence-corrected chi connectivity index (χ3v) is 3.76. The van der Waals surface area contributed by atoms with Crippen LogP contribution < -0.4 is 0 Å². The van der Waals surface area contributed by atoms with Crippen molar-refractivity contribution < 1.29 is 13.2 Å². The Morgan fingerprint density at radius 1 is 1.39 bits per heavy atom. The summed E-state index contributed by atoms with van der Waals surface area (Å²) in [6, 6.07) is 0. The molecule has 18 heavy (non-hydrogen) atoms. The second-order valence-electron chi connectivity index (χ2n) is 4.16. The third-order valence-electron chi connectivity index (χ3n) is 2.48. The molecule has 1 rings (SSSR count). The van der Waals surface area contributed by atoms with Crippen LogP contribution in [0.5, 0.6) is 0 Å². The number of halogens is 1. The van der Waals surface area contributed by atoms with Crippen molar-refractivity contribution in [3.05, 3.63) is 16.4 Å². The number of nitrogens with zero attached hydrogens (tertiary/aromatic N) is 2. The lowest BCUT2D eigenvalue weighted by atomic mass is 10.2. The van der Waals surface area contributed by atoms with Crippen LogP contribution in [-0.2, 0) is 34.0 Å². The average Bonchev–Trinajstić information content (AvgIpc) is 2.53. The molecule has 0 atom stereocenters. The summed E-state index contributed by atoms with van der Waals surface area (Å²) in [5, 5.41) is 4.75. The molecule has 0 spiro atoms. The highest BCUT2D eigenvalue weighted by molar-refractivity contribution is 7.91. The van der Waals surface area contributed by atoms with Gasteiger partial charge in [0.15, 0.2) is 15.6 Å². The average molecular weight is 293 g/mol. The number of aromatic nitrogens is 2. The SMILES string of the molecule is CCc1nn(CC)c(CC(=O)CS(C)(=O)=O)c1Cl. The molecule has 5 nitrogen and oxygen atoms in total. The van der Waals surface area contributed by atoms with E-state index < -0.39 is 15.6 Å². The van der Waals surface area contributed by atoms with Gasteiger partial charge in [0.05, 0.1) is 22.8 Å². The molecule has 0 aliphatic heterocycles. The molecule has 1 aromatic rings. The molecular formula is C11H17ClN2O3S. The summed E-state index contributed by atoms with van der Waals surface area (Å²) in [4.78, 5) is 11.7.